The molecule has 124 valence electrons. The number of furan rings is 1. The van der Waals surface area contributed by atoms with E-state index in [0.29, 0.717) is 0 Å². The molecule has 3 heteroatoms. The standard InChI is InChI=1S/C20H26O3/c1-12-6-5-7-19(3)16(20(4)18(23-20)10-17(19)21)9-14-13(2)11-22-15(14)8-12/h5-6,8,11,16-18,21H,7,9-10H2,1-4H3/b6-5-,12-8-/t16-,17+,18+,19-,20-/m1/s1. The lowest BCUT2D eigenvalue weighted by molar-refractivity contribution is -0.0458. The van der Waals surface area contributed by atoms with Crippen LogP contribution in [0.1, 0.15) is 50.5 Å². The highest BCUT2D eigenvalue weighted by Crippen LogP contribution is 2.60. The van der Waals surface area contributed by atoms with Crippen molar-refractivity contribution in [2.75, 3.05) is 0 Å². The van der Waals surface area contributed by atoms with Crippen LogP contribution in [-0.2, 0) is 11.2 Å². The molecule has 3 aliphatic rings. The quantitative estimate of drug-likeness (QED) is 0.735. The van der Waals surface area contributed by atoms with Gasteiger partial charge >= 0.3 is 0 Å². The fourth-order valence-corrected chi connectivity index (χ4v) is 4.76. The second-order valence-electron chi connectivity index (χ2n) is 8.06. The van der Waals surface area contributed by atoms with E-state index in [-0.39, 0.29) is 29.1 Å². The predicted molar refractivity (Wildman–Crippen MR) is 90.1 cm³/mol. The number of hydrogen-bond donors (Lipinski definition) is 1. The molecule has 1 aromatic rings. The van der Waals surface area contributed by atoms with Crippen molar-refractivity contribution >= 4 is 6.08 Å². The fourth-order valence-electron chi connectivity index (χ4n) is 4.76. The normalized spacial score (nSPS) is 46.0. The Balaban J connectivity index is 1.85. The monoisotopic (exact) mass is 314 g/mol. The molecule has 23 heavy (non-hydrogen) atoms. The van der Waals surface area contributed by atoms with Gasteiger partial charge in [-0.2, -0.15) is 0 Å². The van der Waals surface area contributed by atoms with Gasteiger partial charge in [-0.05, 0) is 50.8 Å². The molecule has 4 rings (SSSR count). The lowest BCUT2D eigenvalue weighted by Crippen LogP contribution is -2.51. The van der Waals surface area contributed by atoms with Crippen LogP contribution in [0.4, 0.5) is 0 Å². The maximum atomic E-state index is 10.8. The van der Waals surface area contributed by atoms with Crippen LogP contribution in [-0.4, -0.2) is 22.9 Å². The Kier molecular flexibility index (Phi) is 3.20. The molecular formula is C20H26O3. The van der Waals surface area contributed by atoms with E-state index in [2.05, 4.69) is 45.9 Å². The topological polar surface area (TPSA) is 45.9 Å². The lowest BCUT2D eigenvalue weighted by Gasteiger charge is -2.46. The van der Waals surface area contributed by atoms with Gasteiger partial charge in [0.1, 0.15) is 5.76 Å². The van der Waals surface area contributed by atoms with Gasteiger partial charge < -0.3 is 14.3 Å². The summed E-state index contributed by atoms with van der Waals surface area (Å²) in [5.74, 6) is 1.24. The van der Waals surface area contributed by atoms with Crippen LogP contribution in [0.3, 0.4) is 0 Å². The Labute approximate surface area is 138 Å². The average molecular weight is 314 g/mol. The maximum Gasteiger partial charge on any atom is 0.130 e. The van der Waals surface area contributed by atoms with Gasteiger partial charge in [0.25, 0.3) is 0 Å². The van der Waals surface area contributed by atoms with E-state index in [0.717, 1.165) is 25.0 Å². The van der Waals surface area contributed by atoms with Crippen molar-refractivity contribution in [3.05, 3.63) is 40.9 Å². The van der Waals surface area contributed by atoms with Crippen LogP contribution >= 0.6 is 0 Å². The minimum absolute atomic E-state index is 0.110. The van der Waals surface area contributed by atoms with Gasteiger partial charge in [0, 0.05) is 23.3 Å². The minimum Gasteiger partial charge on any atom is -0.464 e. The van der Waals surface area contributed by atoms with E-state index >= 15 is 0 Å². The first-order valence-electron chi connectivity index (χ1n) is 8.62. The molecule has 1 aliphatic heterocycles. The molecule has 2 fully saturated rings. The molecule has 0 radical (unpaired) electrons. The molecule has 1 saturated carbocycles. The molecule has 2 heterocycles. The van der Waals surface area contributed by atoms with Crippen LogP contribution in [0.2, 0.25) is 0 Å². The van der Waals surface area contributed by atoms with Gasteiger partial charge in [-0.1, -0.05) is 19.1 Å². The number of epoxide rings is 1. The smallest absolute Gasteiger partial charge is 0.130 e. The highest BCUT2D eigenvalue weighted by atomic mass is 16.6. The number of aliphatic hydroxyl groups excluding tert-OH is 1. The maximum absolute atomic E-state index is 10.8. The highest BCUT2D eigenvalue weighted by Gasteiger charge is 2.67. The summed E-state index contributed by atoms with van der Waals surface area (Å²) in [7, 11) is 0. The summed E-state index contributed by atoms with van der Waals surface area (Å²) in [4.78, 5) is 0. The van der Waals surface area contributed by atoms with E-state index in [9.17, 15) is 5.11 Å². The third-order valence-electron chi connectivity index (χ3n) is 6.51. The van der Waals surface area contributed by atoms with Gasteiger partial charge in [-0.3, -0.25) is 0 Å². The Morgan fingerprint density at radius 1 is 1.26 bits per heavy atom. The zero-order chi connectivity index (χ0) is 16.4. The van der Waals surface area contributed by atoms with Crippen molar-refractivity contribution in [3.63, 3.8) is 0 Å². The largest absolute Gasteiger partial charge is 0.464 e. The average Bonchev–Trinajstić information content (AvgIpc) is 3.01. The summed E-state index contributed by atoms with van der Waals surface area (Å²) in [5.41, 5.74) is 3.36. The Bertz CT molecular complexity index is 698. The zero-order valence-corrected chi connectivity index (χ0v) is 14.4. The highest BCUT2D eigenvalue weighted by molar-refractivity contribution is 5.56. The number of hydrogen-bond acceptors (Lipinski definition) is 3. The summed E-state index contributed by atoms with van der Waals surface area (Å²) < 4.78 is 11.9. The van der Waals surface area contributed by atoms with Crippen molar-refractivity contribution in [3.8, 4) is 0 Å². The number of fused-ring (bicyclic) bond motifs is 4. The Morgan fingerprint density at radius 2 is 2.04 bits per heavy atom. The summed E-state index contributed by atoms with van der Waals surface area (Å²) in [6, 6.07) is 0. The van der Waals surface area contributed by atoms with Crippen molar-refractivity contribution in [2.45, 2.75) is 64.8 Å². The second kappa shape index (κ2) is 4.84. The number of allylic oxidation sites excluding steroid dienone is 3. The van der Waals surface area contributed by atoms with E-state index in [1.54, 1.807) is 0 Å². The summed E-state index contributed by atoms with van der Waals surface area (Å²) in [5, 5.41) is 10.8. The van der Waals surface area contributed by atoms with Gasteiger partial charge in [0.15, 0.2) is 0 Å². The van der Waals surface area contributed by atoms with Crippen LogP contribution in [0.25, 0.3) is 6.08 Å². The van der Waals surface area contributed by atoms with Gasteiger partial charge in [-0.15, -0.1) is 0 Å². The Morgan fingerprint density at radius 3 is 2.83 bits per heavy atom. The van der Waals surface area contributed by atoms with Crippen LogP contribution in [0.5, 0.6) is 0 Å². The number of aliphatic hydroxyl groups is 1. The minimum atomic E-state index is -0.322. The van der Waals surface area contributed by atoms with E-state index in [1.807, 2.05) is 6.26 Å². The molecule has 0 unspecified atom stereocenters. The predicted octanol–water partition coefficient (Wildman–Crippen LogP) is 4.04. The SMILES string of the molecule is CC1=C/c2occ(C)c2C[C@@H]2[C@@](C)(C/C=C\1)[C@@H](O)C[C@@H]1O[C@@]12C. The molecule has 0 bridgehead atoms. The van der Waals surface area contributed by atoms with Crippen LogP contribution < -0.4 is 0 Å². The van der Waals surface area contributed by atoms with Crippen molar-refractivity contribution in [1.82, 2.24) is 0 Å². The van der Waals surface area contributed by atoms with E-state index in [4.69, 9.17) is 9.15 Å². The van der Waals surface area contributed by atoms with Gasteiger partial charge in [-0.25, -0.2) is 0 Å². The molecule has 1 saturated heterocycles. The molecule has 1 N–H and O–H groups in total. The van der Waals surface area contributed by atoms with Crippen LogP contribution in [0, 0.1) is 18.3 Å². The first-order chi connectivity index (χ1) is 10.8. The van der Waals surface area contributed by atoms with Crippen molar-refractivity contribution in [2.24, 2.45) is 11.3 Å². The van der Waals surface area contributed by atoms with Crippen molar-refractivity contribution in [1.29, 1.82) is 0 Å². The van der Waals surface area contributed by atoms with Gasteiger partial charge in [0.05, 0.1) is 24.1 Å². The van der Waals surface area contributed by atoms with Crippen molar-refractivity contribution < 1.29 is 14.3 Å². The fraction of sp³-hybridized carbons (Fsp3) is 0.600. The molecule has 3 nitrogen and oxygen atoms in total. The van der Waals surface area contributed by atoms with Gasteiger partial charge in [0.2, 0.25) is 0 Å². The summed E-state index contributed by atoms with van der Waals surface area (Å²) >= 11 is 0. The number of ether oxygens (including phenoxy) is 1. The molecule has 0 aromatic carbocycles. The Hall–Kier alpha value is -1.32. The molecular weight excluding hydrogens is 288 g/mol. The molecule has 1 aromatic heterocycles. The third-order valence-corrected chi connectivity index (χ3v) is 6.51. The number of aryl methyl sites for hydroxylation is 1. The summed E-state index contributed by atoms with van der Waals surface area (Å²) in [6.45, 7) is 8.65. The molecule has 5 atom stereocenters. The molecule has 2 aliphatic carbocycles. The molecule has 0 amide bonds. The second-order valence-corrected chi connectivity index (χ2v) is 8.06. The van der Waals surface area contributed by atoms with E-state index in [1.165, 1.54) is 16.7 Å². The third kappa shape index (κ3) is 2.17. The summed E-state index contributed by atoms with van der Waals surface area (Å²) in [6.07, 6.45) is 10.7. The van der Waals surface area contributed by atoms with Crippen LogP contribution in [0.15, 0.2) is 28.4 Å². The first-order valence-corrected chi connectivity index (χ1v) is 8.62. The van der Waals surface area contributed by atoms with E-state index < -0.39 is 0 Å². The zero-order valence-electron chi connectivity index (χ0n) is 14.4. The molecule has 0 spiro atoms. The lowest BCUT2D eigenvalue weighted by atomic mass is 9.58. The first kappa shape index (κ1) is 15.2. The number of rotatable bonds is 0.